The van der Waals surface area contributed by atoms with E-state index in [2.05, 4.69) is 40.3 Å². The molecule has 1 N–H and O–H groups in total. The Morgan fingerprint density at radius 2 is 2.11 bits per heavy atom. The molecular formula is C25H29N9O. The monoisotopic (exact) mass is 471 g/mol. The van der Waals surface area contributed by atoms with Gasteiger partial charge in [0.1, 0.15) is 23.2 Å². The number of pyridine rings is 2. The van der Waals surface area contributed by atoms with Gasteiger partial charge in [-0.1, -0.05) is 6.07 Å². The fourth-order valence-electron chi connectivity index (χ4n) is 4.77. The highest BCUT2D eigenvalue weighted by Crippen LogP contribution is 2.35. The Hall–Kier alpha value is -3.84. The van der Waals surface area contributed by atoms with Gasteiger partial charge in [0.2, 0.25) is 0 Å². The molecule has 0 aromatic carbocycles. The van der Waals surface area contributed by atoms with Gasteiger partial charge in [0.05, 0.1) is 36.3 Å². The second-order valence-electron chi connectivity index (χ2n) is 9.33. The summed E-state index contributed by atoms with van der Waals surface area (Å²) in [7, 11) is 3.87. The third-order valence-corrected chi connectivity index (χ3v) is 6.87. The average molecular weight is 472 g/mol. The summed E-state index contributed by atoms with van der Waals surface area (Å²) in [6, 6.07) is 10.1. The molecule has 0 saturated heterocycles. The van der Waals surface area contributed by atoms with Gasteiger partial charge in [-0.2, -0.15) is 5.26 Å². The first kappa shape index (κ1) is 22.9. The molecule has 5 heterocycles. The molecule has 0 aliphatic carbocycles. The number of nitrogens with zero attached hydrogens (tertiary/aromatic N) is 8. The first-order valence-corrected chi connectivity index (χ1v) is 11.9. The van der Waals surface area contributed by atoms with E-state index in [1.807, 2.05) is 42.9 Å². The van der Waals surface area contributed by atoms with Gasteiger partial charge < -0.3 is 14.8 Å². The van der Waals surface area contributed by atoms with Crippen LogP contribution in [0, 0.1) is 11.3 Å². The predicted molar refractivity (Wildman–Crippen MR) is 132 cm³/mol. The van der Waals surface area contributed by atoms with Crippen molar-refractivity contribution in [3.63, 3.8) is 0 Å². The van der Waals surface area contributed by atoms with Crippen LogP contribution in [0.1, 0.15) is 60.2 Å². The Morgan fingerprint density at radius 3 is 2.86 bits per heavy atom. The van der Waals surface area contributed by atoms with Gasteiger partial charge in [-0.3, -0.25) is 9.69 Å². The van der Waals surface area contributed by atoms with Crippen LogP contribution in [-0.2, 0) is 19.5 Å². The number of hydrogen-bond acceptors (Lipinski definition) is 8. The third kappa shape index (κ3) is 3.91. The number of nitrogens with one attached hydrogen (secondary N) is 1. The molecule has 5 rings (SSSR count). The highest BCUT2D eigenvalue weighted by Gasteiger charge is 2.34. The van der Waals surface area contributed by atoms with Crippen LogP contribution < -0.4 is 15.1 Å². The van der Waals surface area contributed by atoms with E-state index in [0.717, 1.165) is 35.7 Å². The van der Waals surface area contributed by atoms with Crippen LogP contribution in [0.3, 0.4) is 0 Å². The van der Waals surface area contributed by atoms with E-state index in [0.29, 0.717) is 42.4 Å². The van der Waals surface area contributed by atoms with E-state index in [1.54, 1.807) is 4.90 Å². The summed E-state index contributed by atoms with van der Waals surface area (Å²) < 4.78 is 2.03. The van der Waals surface area contributed by atoms with E-state index in [1.165, 1.54) is 0 Å². The second kappa shape index (κ2) is 9.07. The van der Waals surface area contributed by atoms with Crippen LogP contribution in [0.4, 0.5) is 11.6 Å². The van der Waals surface area contributed by atoms with E-state index in [4.69, 9.17) is 9.97 Å². The molecule has 2 aliphatic rings. The Morgan fingerprint density at radius 1 is 1.29 bits per heavy atom. The normalized spacial score (nSPS) is 16.5. The number of hydrogen-bond donors (Lipinski definition) is 1. The standard InChI is InChI=1S/C25H29N9O/c1-15(2)32(4)23-12-17-18(20(29-23)13-27-3)14-33(25(17)35)21-7-5-6-19(28-21)24-31-30-22-9-8-16(10-11-26)34(22)24/h5-7,12,15-16,27H,8-10,13-14H2,1-4H3/t16-/m1/s1. The summed E-state index contributed by atoms with van der Waals surface area (Å²) >= 11 is 0. The van der Waals surface area contributed by atoms with E-state index < -0.39 is 0 Å². The molecule has 0 spiro atoms. The largest absolute Gasteiger partial charge is 0.357 e. The number of fused-ring (bicyclic) bond motifs is 2. The molecule has 0 radical (unpaired) electrons. The van der Waals surface area contributed by atoms with E-state index in [9.17, 15) is 10.1 Å². The van der Waals surface area contributed by atoms with Crippen molar-refractivity contribution >= 4 is 17.5 Å². The van der Waals surface area contributed by atoms with Crippen molar-refractivity contribution in [1.82, 2.24) is 30.0 Å². The topological polar surface area (TPSA) is 116 Å². The van der Waals surface area contributed by atoms with Crippen molar-refractivity contribution in [3.8, 4) is 17.6 Å². The molecule has 1 amide bonds. The molecule has 0 unspecified atom stereocenters. The van der Waals surface area contributed by atoms with Crippen molar-refractivity contribution in [2.24, 2.45) is 0 Å². The summed E-state index contributed by atoms with van der Waals surface area (Å²) in [5.74, 6) is 2.77. The van der Waals surface area contributed by atoms with Crippen LogP contribution in [0.2, 0.25) is 0 Å². The highest BCUT2D eigenvalue weighted by atomic mass is 16.2. The zero-order valence-corrected chi connectivity index (χ0v) is 20.5. The van der Waals surface area contributed by atoms with Crippen LogP contribution in [-0.4, -0.2) is 50.8 Å². The summed E-state index contributed by atoms with van der Waals surface area (Å²) in [6.45, 7) is 5.18. The fourth-order valence-corrected chi connectivity index (χ4v) is 4.77. The molecule has 0 saturated carbocycles. The molecule has 3 aromatic rings. The Kier molecular flexibility index (Phi) is 5.94. The lowest BCUT2D eigenvalue weighted by molar-refractivity contribution is 0.0996. The van der Waals surface area contributed by atoms with Crippen LogP contribution in [0.15, 0.2) is 24.3 Å². The van der Waals surface area contributed by atoms with Crippen molar-refractivity contribution < 1.29 is 4.79 Å². The summed E-state index contributed by atoms with van der Waals surface area (Å²) in [5.41, 5.74) is 3.10. The van der Waals surface area contributed by atoms with E-state index in [-0.39, 0.29) is 18.0 Å². The number of nitriles is 1. The fraction of sp³-hybridized carbons (Fsp3) is 0.440. The van der Waals surface area contributed by atoms with Gasteiger partial charge in [-0.05, 0) is 45.5 Å². The molecule has 2 aliphatic heterocycles. The number of aromatic nitrogens is 5. The average Bonchev–Trinajstić information content (AvgIpc) is 3.54. The summed E-state index contributed by atoms with van der Waals surface area (Å²) in [5, 5.41) is 21.1. The molecular weight excluding hydrogens is 442 g/mol. The zero-order valence-electron chi connectivity index (χ0n) is 20.5. The second-order valence-corrected chi connectivity index (χ2v) is 9.33. The molecule has 180 valence electrons. The molecule has 10 nitrogen and oxygen atoms in total. The molecule has 0 bridgehead atoms. The first-order valence-electron chi connectivity index (χ1n) is 11.9. The third-order valence-electron chi connectivity index (χ3n) is 6.87. The zero-order chi connectivity index (χ0) is 24.7. The van der Waals surface area contributed by atoms with E-state index >= 15 is 0 Å². The van der Waals surface area contributed by atoms with Gasteiger partial charge in [-0.25, -0.2) is 9.97 Å². The molecule has 35 heavy (non-hydrogen) atoms. The van der Waals surface area contributed by atoms with Crippen LogP contribution in [0.25, 0.3) is 11.5 Å². The summed E-state index contributed by atoms with van der Waals surface area (Å²) in [6.07, 6.45) is 2.08. The van der Waals surface area contributed by atoms with Gasteiger partial charge >= 0.3 is 0 Å². The number of carbonyl (C=O) groups is 1. The first-order chi connectivity index (χ1) is 16.9. The Bertz CT molecular complexity index is 1320. The molecule has 10 heteroatoms. The van der Waals surface area contributed by atoms with Gasteiger partial charge in [0, 0.05) is 31.6 Å². The van der Waals surface area contributed by atoms with Crippen LogP contribution in [0.5, 0.6) is 0 Å². The van der Waals surface area contributed by atoms with Crippen molar-refractivity contribution in [2.75, 3.05) is 23.9 Å². The Balaban J connectivity index is 1.51. The minimum atomic E-state index is -0.0864. The maximum absolute atomic E-state index is 13.6. The predicted octanol–water partition coefficient (Wildman–Crippen LogP) is 2.86. The van der Waals surface area contributed by atoms with Crippen molar-refractivity contribution in [1.29, 1.82) is 5.26 Å². The minimum Gasteiger partial charge on any atom is -0.357 e. The molecule has 0 fully saturated rings. The number of carbonyl (C=O) groups excluding carboxylic acids is 1. The lowest BCUT2D eigenvalue weighted by Crippen LogP contribution is -2.27. The number of rotatable bonds is 7. The van der Waals surface area contributed by atoms with Crippen molar-refractivity contribution in [2.45, 2.75) is 58.3 Å². The lowest BCUT2D eigenvalue weighted by atomic mass is 10.1. The lowest BCUT2D eigenvalue weighted by Gasteiger charge is -2.24. The number of aryl methyl sites for hydroxylation is 1. The molecule has 3 aromatic heterocycles. The van der Waals surface area contributed by atoms with Gasteiger partial charge in [0.25, 0.3) is 5.91 Å². The smallest absolute Gasteiger partial charge is 0.260 e. The molecule has 1 atom stereocenters. The van der Waals surface area contributed by atoms with Crippen LogP contribution >= 0.6 is 0 Å². The van der Waals surface area contributed by atoms with Crippen molar-refractivity contribution in [3.05, 3.63) is 46.9 Å². The maximum atomic E-state index is 13.6. The van der Waals surface area contributed by atoms with Gasteiger partial charge in [0.15, 0.2) is 5.82 Å². The number of amides is 1. The van der Waals surface area contributed by atoms with Gasteiger partial charge in [-0.15, -0.1) is 10.2 Å². The highest BCUT2D eigenvalue weighted by molar-refractivity contribution is 6.10. The number of anilines is 2. The maximum Gasteiger partial charge on any atom is 0.260 e. The SMILES string of the molecule is CNCc1nc(N(C)C(C)C)cc2c1CN(c1cccc(-c3nnc4n3[C@@H](CC#N)CC4)n1)C2=O. The summed E-state index contributed by atoms with van der Waals surface area (Å²) in [4.78, 5) is 27.0. The quantitative estimate of drug-likeness (QED) is 0.559. The Labute approximate surface area is 204 Å². The minimum absolute atomic E-state index is 0.0506.